The van der Waals surface area contributed by atoms with Crippen LogP contribution in [0, 0.1) is 6.92 Å². The van der Waals surface area contributed by atoms with Crippen LogP contribution in [-0.4, -0.2) is 29.1 Å². The monoisotopic (exact) mass is 438 g/mol. The Labute approximate surface area is 191 Å². The molecule has 164 valence electrons. The second-order valence-corrected chi connectivity index (χ2v) is 7.65. The molecule has 1 aliphatic rings. The van der Waals surface area contributed by atoms with Crippen LogP contribution in [0.2, 0.25) is 0 Å². The van der Waals surface area contributed by atoms with Crippen molar-refractivity contribution in [3.63, 3.8) is 0 Å². The van der Waals surface area contributed by atoms with Crippen molar-refractivity contribution in [2.45, 2.75) is 6.92 Å². The largest absolute Gasteiger partial charge is 0.486 e. The topological polar surface area (TPSA) is 85.4 Å². The molecule has 0 spiro atoms. The Balaban J connectivity index is 1.31. The summed E-state index contributed by atoms with van der Waals surface area (Å²) in [7, 11) is 0. The lowest BCUT2D eigenvalue weighted by Gasteiger charge is -2.19. The predicted molar refractivity (Wildman–Crippen MR) is 127 cm³/mol. The molecule has 7 nitrogen and oxygen atoms in total. The van der Waals surface area contributed by atoms with Gasteiger partial charge >= 0.3 is 0 Å². The predicted octanol–water partition coefficient (Wildman–Crippen LogP) is 5.22. The average molecular weight is 438 g/mol. The number of ether oxygens (including phenoxy) is 2. The zero-order valence-corrected chi connectivity index (χ0v) is 18.0. The molecule has 1 aliphatic heterocycles. The molecule has 0 unspecified atom stereocenters. The maximum Gasteiger partial charge on any atom is 0.255 e. The Hall–Kier alpha value is -4.39. The molecule has 0 fully saturated rings. The lowest BCUT2D eigenvalue weighted by Crippen LogP contribution is -2.16. The Morgan fingerprint density at radius 1 is 0.879 bits per heavy atom. The summed E-state index contributed by atoms with van der Waals surface area (Å²) < 4.78 is 11.1. The van der Waals surface area contributed by atoms with E-state index in [2.05, 4.69) is 20.6 Å². The van der Waals surface area contributed by atoms with Crippen molar-refractivity contribution in [3.8, 4) is 22.9 Å². The van der Waals surface area contributed by atoms with E-state index in [0.717, 1.165) is 16.8 Å². The summed E-state index contributed by atoms with van der Waals surface area (Å²) in [4.78, 5) is 21.8. The lowest BCUT2D eigenvalue weighted by molar-refractivity contribution is 0.102. The third-order valence-electron chi connectivity index (χ3n) is 5.13. The van der Waals surface area contributed by atoms with E-state index in [1.165, 1.54) is 0 Å². The molecule has 33 heavy (non-hydrogen) atoms. The molecule has 0 aliphatic carbocycles. The number of nitrogens with zero attached hydrogens (tertiary/aromatic N) is 2. The first-order valence-corrected chi connectivity index (χ1v) is 10.6. The Morgan fingerprint density at radius 2 is 1.73 bits per heavy atom. The summed E-state index contributed by atoms with van der Waals surface area (Å²) in [5, 5.41) is 6.17. The molecular formula is C26H22N4O3. The van der Waals surface area contributed by atoms with Crippen molar-refractivity contribution in [3.05, 3.63) is 90.1 Å². The number of carbonyl (C=O) groups is 1. The average Bonchev–Trinajstić information content (AvgIpc) is 2.84. The first kappa shape index (κ1) is 20.5. The van der Waals surface area contributed by atoms with Gasteiger partial charge in [0.15, 0.2) is 17.3 Å². The van der Waals surface area contributed by atoms with Crippen molar-refractivity contribution in [2.24, 2.45) is 0 Å². The third-order valence-corrected chi connectivity index (χ3v) is 5.13. The Kier molecular flexibility index (Phi) is 5.59. The van der Waals surface area contributed by atoms with Gasteiger partial charge in [-0.3, -0.25) is 4.79 Å². The maximum absolute atomic E-state index is 12.8. The highest BCUT2D eigenvalue weighted by Gasteiger charge is 2.14. The summed E-state index contributed by atoms with van der Waals surface area (Å²) in [5.74, 6) is 2.36. The van der Waals surface area contributed by atoms with Crippen molar-refractivity contribution >= 4 is 23.1 Å². The van der Waals surface area contributed by atoms with E-state index < -0.39 is 0 Å². The molecule has 4 aromatic rings. The molecule has 0 saturated carbocycles. The van der Waals surface area contributed by atoms with Gasteiger partial charge in [0, 0.05) is 34.8 Å². The van der Waals surface area contributed by atoms with Crippen molar-refractivity contribution < 1.29 is 14.3 Å². The van der Waals surface area contributed by atoms with Gasteiger partial charge < -0.3 is 20.1 Å². The summed E-state index contributed by atoms with van der Waals surface area (Å²) >= 11 is 0. The molecule has 0 saturated heterocycles. The highest BCUT2D eigenvalue weighted by molar-refractivity contribution is 6.05. The molecule has 5 rings (SSSR count). The number of benzene rings is 3. The summed E-state index contributed by atoms with van der Waals surface area (Å²) in [6.07, 6.45) is 1.71. The molecule has 1 amide bonds. The molecular weight excluding hydrogens is 416 g/mol. The fraction of sp³-hybridized carbons (Fsp3) is 0.115. The van der Waals surface area contributed by atoms with Crippen LogP contribution in [0.5, 0.6) is 11.5 Å². The smallest absolute Gasteiger partial charge is 0.255 e. The van der Waals surface area contributed by atoms with Gasteiger partial charge in [-0.1, -0.05) is 29.8 Å². The van der Waals surface area contributed by atoms with Gasteiger partial charge in [-0.15, -0.1) is 0 Å². The lowest BCUT2D eigenvalue weighted by atomic mass is 10.1. The normalized spacial score (nSPS) is 12.2. The first-order chi connectivity index (χ1) is 16.1. The highest BCUT2D eigenvalue weighted by Crippen LogP contribution is 2.32. The maximum atomic E-state index is 12.8. The van der Waals surface area contributed by atoms with E-state index >= 15 is 0 Å². The number of rotatable bonds is 5. The highest BCUT2D eigenvalue weighted by atomic mass is 16.6. The summed E-state index contributed by atoms with van der Waals surface area (Å²) in [6.45, 7) is 3.05. The number of carbonyl (C=O) groups excluding carboxylic acids is 1. The van der Waals surface area contributed by atoms with E-state index in [9.17, 15) is 4.79 Å². The van der Waals surface area contributed by atoms with Crippen LogP contribution in [0.25, 0.3) is 11.4 Å². The van der Waals surface area contributed by atoms with E-state index in [0.29, 0.717) is 47.6 Å². The molecule has 0 atom stereocenters. The molecule has 0 radical (unpaired) electrons. The van der Waals surface area contributed by atoms with E-state index in [1.807, 2.05) is 43.3 Å². The number of aromatic nitrogens is 2. The fourth-order valence-electron chi connectivity index (χ4n) is 3.56. The quantitative estimate of drug-likeness (QED) is 0.444. The minimum absolute atomic E-state index is 0.224. The Bertz CT molecular complexity index is 1320. The number of amides is 1. The molecule has 0 bridgehead atoms. The van der Waals surface area contributed by atoms with Gasteiger partial charge in [-0.2, -0.15) is 0 Å². The number of fused-ring (bicyclic) bond motifs is 1. The van der Waals surface area contributed by atoms with Crippen molar-refractivity contribution in [2.75, 3.05) is 23.8 Å². The third kappa shape index (κ3) is 4.77. The second kappa shape index (κ2) is 9.00. The van der Waals surface area contributed by atoms with Crippen LogP contribution < -0.4 is 20.1 Å². The van der Waals surface area contributed by atoms with Crippen LogP contribution in [-0.2, 0) is 0 Å². The van der Waals surface area contributed by atoms with Gasteiger partial charge in [0.1, 0.15) is 19.0 Å². The summed E-state index contributed by atoms with van der Waals surface area (Å²) in [5.41, 5.74) is 4.00. The fourth-order valence-corrected chi connectivity index (χ4v) is 3.56. The number of hydrogen-bond donors (Lipinski definition) is 2. The number of hydrogen-bond acceptors (Lipinski definition) is 6. The zero-order valence-electron chi connectivity index (χ0n) is 18.0. The standard InChI is InChI=1S/C26H22N4O3/c1-17-4-2-5-18(14-17)25-27-11-10-24(30-25)28-20-7-3-6-19(15-20)26(31)29-21-8-9-22-23(16-21)33-13-12-32-22/h2-11,14-16H,12-13H2,1H3,(H,29,31)(H,27,28,30). The second-order valence-electron chi connectivity index (χ2n) is 7.65. The van der Waals surface area contributed by atoms with Gasteiger partial charge in [-0.25, -0.2) is 9.97 Å². The van der Waals surface area contributed by atoms with Crippen LogP contribution in [0.4, 0.5) is 17.2 Å². The number of nitrogens with one attached hydrogen (secondary N) is 2. The van der Waals surface area contributed by atoms with Gasteiger partial charge in [0.25, 0.3) is 5.91 Å². The van der Waals surface area contributed by atoms with E-state index in [4.69, 9.17) is 9.47 Å². The Morgan fingerprint density at radius 3 is 2.61 bits per heavy atom. The first-order valence-electron chi connectivity index (χ1n) is 10.6. The summed E-state index contributed by atoms with van der Waals surface area (Å²) in [6, 6.07) is 22.4. The minimum Gasteiger partial charge on any atom is -0.486 e. The van der Waals surface area contributed by atoms with E-state index in [-0.39, 0.29) is 5.91 Å². The molecule has 2 N–H and O–H groups in total. The molecule has 1 aromatic heterocycles. The van der Waals surface area contributed by atoms with Crippen molar-refractivity contribution in [1.29, 1.82) is 0 Å². The van der Waals surface area contributed by atoms with Crippen LogP contribution in [0.15, 0.2) is 79.0 Å². The molecule has 2 heterocycles. The molecule has 7 heteroatoms. The van der Waals surface area contributed by atoms with Crippen LogP contribution >= 0.6 is 0 Å². The van der Waals surface area contributed by atoms with Crippen molar-refractivity contribution in [1.82, 2.24) is 9.97 Å². The van der Waals surface area contributed by atoms with Crippen LogP contribution in [0.1, 0.15) is 15.9 Å². The zero-order chi connectivity index (χ0) is 22.6. The van der Waals surface area contributed by atoms with Crippen LogP contribution in [0.3, 0.4) is 0 Å². The van der Waals surface area contributed by atoms with E-state index in [1.54, 1.807) is 42.6 Å². The van der Waals surface area contributed by atoms with Gasteiger partial charge in [0.05, 0.1) is 0 Å². The minimum atomic E-state index is -0.224. The van der Waals surface area contributed by atoms with Gasteiger partial charge in [-0.05, 0) is 49.4 Å². The van der Waals surface area contributed by atoms with Gasteiger partial charge in [0.2, 0.25) is 0 Å². The number of aryl methyl sites for hydroxylation is 1. The SMILES string of the molecule is Cc1cccc(-c2nccc(Nc3cccc(C(=O)Nc4ccc5c(c4)OCCO5)c3)n2)c1. The number of anilines is 3. The molecule has 3 aromatic carbocycles.